The van der Waals surface area contributed by atoms with E-state index in [1.807, 2.05) is 18.2 Å². The van der Waals surface area contributed by atoms with Gasteiger partial charge in [-0.1, -0.05) is 6.07 Å². The fourth-order valence-corrected chi connectivity index (χ4v) is 3.50. The minimum atomic E-state index is -0.459. The van der Waals surface area contributed by atoms with Gasteiger partial charge in [0.25, 0.3) is 0 Å². The van der Waals surface area contributed by atoms with Gasteiger partial charge in [-0.2, -0.15) is 0 Å². The molecule has 3 N–H and O–H groups in total. The van der Waals surface area contributed by atoms with E-state index in [1.165, 1.54) is 11.3 Å². The standard InChI is InChI=1S/C17H19N5O3S/c1-21-12-5-3-10(7-13(12)22(2)17(21)25)4-6-15(24)20-16-19-11(9-26-16)8-14(18)23/h3,5,7,9H,4,6,8H2,1-2H3,(H2,18,23)(H,19,20,24). The Balaban J connectivity index is 1.63. The lowest BCUT2D eigenvalue weighted by molar-refractivity contribution is -0.117. The number of hydrogen-bond acceptors (Lipinski definition) is 5. The number of nitrogens with zero attached hydrogens (tertiary/aromatic N) is 3. The number of nitrogens with two attached hydrogens (primary N) is 1. The van der Waals surface area contributed by atoms with Crippen LogP contribution in [0.2, 0.25) is 0 Å². The second-order valence-corrected chi connectivity index (χ2v) is 6.92. The molecule has 0 bridgehead atoms. The summed E-state index contributed by atoms with van der Waals surface area (Å²) in [6.07, 6.45) is 0.892. The molecule has 8 nitrogen and oxygen atoms in total. The molecule has 26 heavy (non-hydrogen) atoms. The summed E-state index contributed by atoms with van der Waals surface area (Å²) in [5.41, 5.74) is 8.27. The first-order chi connectivity index (χ1) is 12.3. The summed E-state index contributed by atoms with van der Waals surface area (Å²) < 4.78 is 3.19. The zero-order valence-electron chi connectivity index (χ0n) is 14.5. The largest absolute Gasteiger partial charge is 0.369 e. The first-order valence-electron chi connectivity index (χ1n) is 8.02. The molecule has 2 amide bonds. The summed E-state index contributed by atoms with van der Waals surface area (Å²) >= 11 is 1.26. The number of primary amides is 1. The van der Waals surface area contributed by atoms with Gasteiger partial charge in [0.15, 0.2) is 5.13 Å². The number of amides is 2. The molecule has 2 aromatic heterocycles. The van der Waals surface area contributed by atoms with Crippen molar-refractivity contribution in [3.63, 3.8) is 0 Å². The molecule has 0 atom stereocenters. The summed E-state index contributed by atoms with van der Waals surface area (Å²) in [4.78, 5) is 39.1. The molecule has 0 aliphatic carbocycles. The summed E-state index contributed by atoms with van der Waals surface area (Å²) in [6, 6.07) is 5.74. The van der Waals surface area contributed by atoms with E-state index in [-0.39, 0.29) is 24.4 Å². The van der Waals surface area contributed by atoms with E-state index in [9.17, 15) is 14.4 Å². The predicted octanol–water partition coefficient (Wildman–Crippen LogP) is 0.933. The third-order valence-corrected chi connectivity index (χ3v) is 4.94. The highest BCUT2D eigenvalue weighted by atomic mass is 32.1. The van der Waals surface area contributed by atoms with E-state index in [1.54, 1.807) is 28.6 Å². The van der Waals surface area contributed by atoms with Crippen molar-refractivity contribution in [2.45, 2.75) is 19.3 Å². The van der Waals surface area contributed by atoms with E-state index in [2.05, 4.69) is 10.3 Å². The number of carbonyl (C=O) groups excluding carboxylic acids is 2. The number of carbonyl (C=O) groups is 2. The van der Waals surface area contributed by atoms with E-state index in [4.69, 9.17) is 5.73 Å². The zero-order valence-corrected chi connectivity index (χ0v) is 15.3. The highest BCUT2D eigenvalue weighted by Gasteiger charge is 2.11. The fraction of sp³-hybridized carbons (Fsp3) is 0.294. The Hall–Kier alpha value is -2.94. The van der Waals surface area contributed by atoms with Crippen LogP contribution in [-0.4, -0.2) is 25.9 Å². The van der Waals surface area contributed by atoms with E-state index >= 15 is 0 Å². The van der Waals surface area contributed by atoms with Crippen molar-refractivity contribution in [1.29, 1.82) is 0 Å². The smallest absolute Gasteiger partial charge is 0.328 e. The third-order valence-electron chi connectivity index (χ3n) is 4.13. The molecule has 0 aliphatic heterocycles. The van der Waals surface area contributed by atoms with E-state index < -0.39 is 5.91 Å². The van der Waals surface area contributed by atoms with Crippen molar-refractivity contribution < 1.29 is 9.59 Å². The van der Waals surface area contributed by atoms with Gasteiger partial charge in [0.1, 0.15) is 0 Å². The molecule has 2 heterocycles. The number of hydrogen-bond donors (Lipinski definition) is 2. The van der Waals surface area contributed by atoms with Gasteiger partial charge in [-0.05, 0) is 24.1 Å². The van der Waals surface area contributed by atoms with Crippen LogP contribution in [0, 0.1) is 0 Å². The van der Waals surface area contributed by atoms with Crippen LogP contribution >= 0.6 is 11.3 Å². The van der Waals surface area contributed by atoms with Crippen molar-refractivity contribution in [3.8, 4) is 0 Å². The quantitative estimate of drug-likeness (QED) is 0.669. The lowest BCUT2D eigenvalue weighted by atomic mass is 10.1. The fourth-order valence-electron chi connectivity index (χ4n) is 2.77. The van der Waals surface area contributed by atoms with Gasteiger partial charge in [-0.3, -0.25) is 18.7 Å². The Kier molecular flexibility index (Phi) is 4.90. The minimum Gasteiger partial charge on any atom is -0.369 e. The van der Waals surface area contributed by atoms with Crippen LogP contribution in [0.15, 0.2) is 28.4 Å². The third kappa shape index (κ3) is 3.67. The number of aromatic nitrogens is 3. The van der Waals surface area contributed by atoms with Gasteiger partial charge < -0.3 is 11.1 Å². The topological polar surface area (TPSA) is 112 Å². The van der Waals surface area contributed by atoms with E-state index in [0.717, 1.165) is 16.6 Å². The molecule has 0 unspecified atom stereocenters. The average Bonchev–Trinajstić information content (AvgIpc) is 3.11. The molecule has 0 radical (unpaired) electrons. The Morgan fingerprint density at radius 2 is 1.96 bits per heavy atom. The molecule has 0 saturated carbocycles. The van der Waals surface area contributed by atoms with Crippen molar-refractivity contribution >= 4 is 39.3 Å². The van der Waals surface area contributed by atoms with Gasteiger partial charge in [0, 0.05) is 25.9 Å². The average molecular weight is 373 g/mol. The molecule has 136 valence electrons. The molecule has 9 heteroatoms. The Labute approximate surface area is 153 Å². The summed E-state index contributed by atoms with van der Waals surface area (Å²) in [5, 5.41) is 4.87. The highest BCUT2D eigenvalue weighted by molar-refractivity contribution is 7.13. The van der Waals surface area contributed by atoms with Gasteiger partial charge in [-0.25, -0.2) is 9.78 Å². The second-order valence-electron chi connectivity index (χ2n) is 6.06. The number of nitrogens with one attached hydrogen (secondary N) is 1. The monoisotopic (exact) mass is 373 g/mol. The van der Waals surface area contributed by atoms with Crippen molar-refractivity contribution in [2.24, 2.45) is 19.8 Å². The maximum atomic E-state index is 12.1. The number of fused-ring (bicyclic) bond motifs is 1. The molecule has 3 aromatic rings. The molecular formula is C17H19N5O3S. The summed E-state index contributed by atoms with van der Waals surface area (Å²) in [5.74, 6) is -0.620. The zero-order chi connectivity index (χ0) is 18.8. The first-order valence-corrected chi connectivity index (χ1v) is 8.90. The second kappa shape index (κ2) is 7.12. The lowest BCUT2D eigenvalue weighted by Crippen LogP contribution is -2.19. The molecule has 3 rings (SSSR count). The van der Waals surface area contributed by atoms with Crippen molar-refractivity contribution in [1.82, 2.24) is 14.1 Å². The predicted molar refractivity (Wildman–Crippen MR) is 100 cm³/mol. The van der Waals surface area contributed by atoms with Gasteiger partial charge in [-0.15, -0.1) is 11.3 Å². The Morgan fingerprint density at radius 3 is 2.69 bits per heavy atom. The van der Waals surface area contributed by atoms with Gasteiger partial charge in [0.05, 0.1) is 23.1 Å². The van der Waals surface area contributed by atoms with Crippen LogP contribution in [0.4, 0.5) is 5.13 Å². The van der Waals surface area contributed by atoms with Crippen LogP contribution in [-0.2, 0) is 36.5 Å². The SMILES string of the molecule is Cn1c(=O)n(C)c2cc(CCC(=O)Nc3nc(CC(N)=O)cs3)ccc21. The molecule has 1 aromatic carbocycles. The first kappa shape index (κ1) is 17.9. The normalized spacial score (nSPS) is 11.0. The van der Waals surface area contributed by atoms with Gasteiger partial charge >= 0.3 is 5.69 Å². The maximum Gasteiger partial charge on any atom is 0.328 e. The lowest BCUT2D eigenvalue weighted by Gasteiger charge is -2.04. The summed E-state index contributed by atoms with van der Waals surface area (Å²) in [7, 11) is 3.46. The van der Waals surface area contributed by atoms with Crippen LogP contribution in [0.25, 0.3) is 11.0 Å². The number of rotatable bonds is 6. The van der Waals surface area contributed by atoms with Gasteiger partial charge in [0.2, 0.25) is 11.8 Å². The van der Waals surface area contributed by atoms with Crippen LogP contribution in [0.3, 0.4) is 0 Å². The number of thiazole rings is 1. The number of imidazole rings is 1. The Bertz CT molecular complexity index is 1050. The minimum absolute atomic E-state index is 0.0577. The van der Waals surface area contributed by atoms with Crippen LogP contribution in [0.5, 0.6) is 0 Å². The molecule has 0 aliphatic rings. The summed E-state index contributed by atoms with van der Waals surface area (Å²) in [6.45, 7) is 0. The molecule has 0 saturated heterocycles. The molecule has 0 fully saturated rings. The molecular weight excluding hydrogens is 354 g/mol. The van der Waals surface area contributed by atoms with Crippen LogP contribution < -0.4 is 16.7 Å². The number of anilines is 1. The number of aryl methyl sites for hydroxylation is 3. The highest BCUT2D eigenvalue weighted by Crippen LogP contribution is 2.18. The van der Waals surface area contributed by atoms with E-state index in [0.29, 0.717) is 17.2 Å². The Morgan fingerprint density at radius 1 is 1.23 bits per heavy atom. The van der Waals surface area contributed by atoms with Crippen LogP contribution in [0.1, 0.15) is 17.7 Å². The van der Waals surface area contributed by atoms with Crippen molar-refractivity contribution in [2.75, 3.05) is 5.32 Å². The van der Waals surface area contributed by atoms with Crippen molar-refractivity contribution in [3.05, 3.63) is 45.3 Å². The molecule has 0 spiro atoms. The number of benzene rings is 1. The maximum absolute atomic E-state index is 12.1.